The van der Waals surface area contributed by atoms with Gasteiger partial charge in [-0.2, -0.15) is 0 Å². The Bertz CT molecular complexity index is 527. The third kappa shape index (κ3) is 4.06. The van der Waals surface area contributed by atoms with Gasteiger partial charge in [0.05, 0.1) is 0 Å². The first-order valence-electron chi connectivity index (χ1n) is 7.42. The van der Waals surface area contributed by atoms with Gasteiger partial charge in [0, 0.05) is 18.4 Å². The number of hydrogen-bond acceptors (Lipinski definition) is 5. The van der Waals surface area contributed by atoms with Crippen LogP contribution in [0.1, 0.15) is 41.5 Å². The molecule has 0 spiro atoms. The molecule has 1 rings (SSSR count). The van der Waals surface area contributed by atoms with Crippen LogP contribution in [0.5, 0.6) is 0 Å². The zero-order chi connectivity index (χ0) is 17.0. The van der Waals surface area contributed by atoms with Crippen LogP contribution in [0.25, 0.3) is 0 Å². The van der Waals surface area contributed by atoms with E-state index in [9.17, 15) is 14.4 Å². The fourth-order valence-corrected chi connectivity index (χ4v) is 2.50. The molecule has 0 aromatic carbocycles. The molecule has 22 heavy (non-hydrogen) atoms. The number of carbonyl (C=O) groups excluding carboxylic acids is 3. The molecule has 1 aliphatic rings. The smallest absolute Gasteiger partial charge is 0.334 e. The lowest BCUT2D eigenvalue weighted by atomic mass is 9.77. The summed E-state index contributed by atoms with van der Waals surface area (Å²) in [5, 5.41) is 0. The summed E-state index contributed by atoms with van der Waals surface area (Å²) in [6, 6.07) is 0. The molecular weight excluding hydrogens is 284 g/mol. The van der Waals surface area contributed by atoms with Crippen molar-refractivity contribution >= 4 is 17.7 Å². The van der Waals surface area contributed by atoms with Crippen molar-refractivity contribution in [3.8, 4) is 0 Å². The summed E-state index contributed by atoms with van der Waals surface area (Å²) in [5.74, 6) is -1.58. The third-order valence-electron chi connectivity index (χ3n) is 3.85. The van der Waals surface area contributed by atoms with Gasteiger partial charge in [0.1, 0.15) is 6.10 Å². The molecule has 1 aliphatic carbocycles. The van der Waals surface area contributed by atoms with Gasteiger partial charge in [-0.05, 0) is 38.3 Å². The first-order valence-corrected chi connectivity index (χ1v) is 7.42. The molecule has 0 heterocycles. The molecular formula is C17H24O5. The topological polar surface area (TPSA) is 69.7 Å². The van der Waals surface area contributed by atoms with Gasteiger partial charge in [0.15, 0.2) is 11.9 Å². The van der Waals surface area contributed by atoms with Crippen LogP contribution in [0.3, 0.4) is 0 Å². The number of ether oxygens (including phenoxy) is 2. The summed E-state index contributed by atoms with van der Waals surface area (Å²) < 4.78 is 10.7. The molecule has 0 aliphatic heterocycles. The van der Waals surface area contributed by atoms with Crippen molar-refractivity contribution in [3.63, 3.8) is 0 Å². The fraction of sp³-hybridized carbons (Fsp3) is 0.588. The summed E-state index contributed by atoms with van der Waals surface area (Å²) in [5.41, 5.74) is 0.880. The Hall–Kier alpha value is -1.91. The van der Waals surface area contributed by atoms with E-state index in [1.807, 2.05) is 13.8 Å². The maximum atomic E-state index is 12.4. The van der Waals surface area contributed by atoms with Gasteiger partial charge < -0.3 is 9.47 Å². The highest BCUT2D eigenvalue weighted by Crippen LogP contribution is 2.32. The number of rotatable bonds is 4. The number of hydrogen-bond donors (Lipinski definition) is 0. The zero-order valence-corrected chi connectivity index (χ0v) is 14.0. The van der Waals surface area contributed by atoms with Crippen LogP contribution < -0.4 is 0 Å². The van der Waals surface area contributed by atoms with E-state index in [-0.39, 0.29) is 11.7 Å². The van der Waals surface area contributed by atoms with E-state index >= 15 is 0 Å². The van der Waals surface area contributed by atoms with Crippen LogP contribution in [0.2, 0.25) is 0 Å². The minimum absolute atomic E-state index is 0.00126. The van der Waals surface area contributed by atoms with Crippen LogP contribution in [-0.2, 0) is 23.9 Å². The normalized spacial score (nSPS) is 25.8. The predicted molar refractivity (Wildman–Crippen MR) is 82.0 cm³/mol. The number of carbonyl (C=O) groups is 3. The van der Waals surface area contributed by atoms with E-state index in [0.29, 0.717) is 11.1 Å². The van der Waals surface area contributed by atoms with E-state index in [0.717, 1.165) is 0 Å². The minimum Gasteiger partial charge on any atom is -0.458 e. The first-order chi connectivity index (χ1) is 10.2. The Kier molecular flexibility index (Phi) is 6.09. The van der Waals surface area contributed by atoms with E-state index in [4.69, 9.17) is 9.47 Å². The Morgan fingerprint density at radius 1 is 1.23 bits per heavy atom. The zero-order valence-electron chi connectivity index (χ0n) is 14.0. The Morgan fingerprint density at radius 3 is 2.27 bits per heavy atom. The SMILES string of the molecule is CC=C(C)C(=O)O[C@H]1C(=O)C(C)=C[C@H](OC(C)=O)[C@@H]1C(C)C. The molecule has 0 aromatic heterocycles. The average molecular weight is 308 g/mol. The maximum Gasteiger partial charge on any atom is 0.334 e. The second-order valence-corrected chi connectivity index (χ2v) is 5.91. The van der Waals surface area contributed by atoms with Gasteiger partial charge in [0.25, 0.3) is 0 Å². The number of Topliss-reactive ketones (excluding diaryl/α,β-unsaturated/α-hetero) is 1. The van der Waals surface area contributed by atoms with Gasteiger partial charge in [0.2, 0.25) is 0 Å². The minimum atomic E-state index is -0.934. The van der Waals surface area contributed by atoms with Gasteiger partial charge in [-0.15, -0.1) is 0 Å². The standard InChI is InChI=1S/C17H24O5/c1-7-10(4)17(20)22-16-14(9(2)3)13(21-12(6)18)8-11(5)15(16)19/h7-9,13-14,16H,1-6H3/t13-,14-,16+/m0/s1. The molecule has 5 nitrogen and oxygen atoms in total. The Morgan fingerprint density at radius 2 is 1.82 bits per heavy atom. The van der Waals surface area contributed by atoms with E-state index in [1.54, 1.807) is 32.9 Å². The first kappa shape index (κ1) is 18.1. The summed E-state index contributed by atoms with van der Waals surface area (Å²) in [4.78, 5) is 35.7. The maximum absolute atomic E-state index is 12.4. The molecule has 3 atom stereocenters. The summed E-state index contributed by atoms with van der Waals surface area (Å²) in [6.07, 6.45) is 1.77. The summed E-state index contributed by atoms with van der Waals surface area (Å²) >= 11 is 0. The second kappa shape index (κ2) is 7.38. The molecule has 0 amide bonds. The van der Waals surface area contributed by atoms with Crippen LogP contribution in [0.4, 0.5) is 0 Å². The summed E-state index contributed by atoms with van der Waals surface area (Å²) in [7, 11) is 0. The largest absolute Gasteiger partial charge is 0.458 e. The average Bonchev–Trinajstić information content (AvgIpc) is 2.42. The van der Waals surface area contributed by atoms with Crippen LogP contribution in [-0.4, -0.2) is 29.9 Å². The number of allylic oxidation sites excluding steroid dienone is 1. The van der Waals surface area contributed by atoms with E-state index < -0.39 is 30.1 Å². The van der Waals surface area contributed by atoms with Gasteiger partial charge in [-0.3, -0.25) is 9.59 Å². The molecule has 0 bridgehead atoms. The molecule has 0 aromatic rings. The van der Waals surface area contributed by atoms with E-state index in [1.165, 1.54) is 6.92 Å². The van der Waals surface area contributed by atoms with Crippen molar-refractivity contribution in [2.75, 3.05) is 0 Å². The molecule has 122 valence electrons. The highest BCUT2D eigenvalue weighted by Gasteiger charge is 2.43. The molecule has 0 N–H and O–H groups in total. The second-order valence-electron chi connectivity index (χ2n) is 5.91. The van der Waals surface area contributed by atoms with Crippen LogP contribution in [0.15, 0.2) is 23.3 Å². The van der Waals surface area contributed by atoms with Crippen LogP contribution in [0, 0.1) is 11.8 Å². The summed E-state index contributed by atoms with van der Waals surface area (Å²) in [6.45, 7) is 10.1. The molecule has 0 unspecified atom stereocenters. The predicted octanol–water partition coefficient (Wildman–Crippen LogP) is 2.60. The lowest BCUT2D eigenvalue weighted by Gasteiger charge is -2.36. The Labute approximate surface area is 131 Å². The molecule has 0 saturated heterocycles. The lowest BCUT2D eigenvalue weighted by molar-refractivity contribution is -0.164. The van der Waals surface area contributed by atoms with Crippen molar-refractivity contribution < 1.29 is 23.9 Å². The van der Waals surface area contributed by atoms with Gasteiger partial charge >= 0.3 is 11.9 Å². The van der Waals surface area contributed by atoms with Crippen molar-refractivity contribution in [1.82, 2.24) is 0 Å². The van der Waals surface area contributed by atoms with Crippen LogP contribution >= 0.6 is 0 Å². The lowest BCUT2D eigenvalue weighted by Crippen LogP contribution is -2.48. The monoisotopic (exact) mass is 308 g/mol. The molecule has 0 fully saturated rings. The van der Waals surface area contributed by atoms with Gasteiger partial charge in [-0.25, -0.2) is 4.79 Å². The van der Waals surface area contributed by atoms with Crippen molar-refractivity contribution in [1.29, 1.82) is 0 Å². The highest BCUT2D eigenvalue weighted by atomic mass is 16.6. The Balaban J connectivity index is 3.15. The number of esters is 2. The van der Waals surface area contributed by atoms with Crippen molar-refractivity contribution in [3.05, 3.63) is 23.3 Å². The fourth-order valence-electron chi connectivity index (χ4n) is 2.50. The third-order valence-corrected chi connectivity index (χ3v) is 3.85. The van der Waals surface area contributed by atoms with Crippen molar-refractivity contribution in [2.45, 2.75) is 53.8 Å². The van der Waals surface area contributed by atoms with E-state index in [2.05, 4.69) is 0 Å². The number of ketones is 1. The van der Waals surface area contributed by atoms with Gasteiger partial charge in [-0.1, -0.05) is 19.9 Å². The quantitative estimate of drug-likeness (QED) is 0.590. The molecule has 0 saturated carbocycles. The van der Waals surface area contributed by atoms with Crippen molar-refractivity contribution in [2.24, 2.45) is 11.8 Å². The molecule has 5 heteroatoms. The molecule has 0 radical (unpaired) electrons. The highest BCUT2D eigenvalue weighted by molar-refractivity contribution is 6.01.